The molecule has 2 N–H and O–H groups in total. The molecule has 0 aliphatic heterocycles. The topological polar surface area (TPSA) is 58.6 Å². The van der Waals surface area contributed by atoms with E-state index in [0.717, 1.165) is 0 Å². The molecular weight excluding hydrogens is 265 g/mol. The van der Waals surface area contributed by atoms with Gasteiger partial charge in [-0.05, 0) is 18.2 Å². The van der Waals surface area contributed by atoms with Crippen LogP contribution >= 0.6 is 23.2 Å². The van der Waals surface area contributed by atoms with Gasteiger partial charge in [-0.25, -0.2) is 0 Å². The highest BCUT2D eigenvalue weighted by Gasteiger charge is 2.05. The SMILES string of the molecule is CON/C(=C\CC(=O)O)c1ccc(Cl)c(Cl)c1. The van der Waals surface area contributed by atoms with Crippen LogP contribution in [0.4, 0.5) is 0 Å². The minimum absolute atomic E-state index is 0.119. The molecule has 1 rings (SSSR count). The molecule has 4 nitrogen and oxygen atoms in total. The summed E-state index contributed by atoms with van der Waals surface area (Å²) in [4.78, 5) is 15.3. The average Bonchev–Trinajstić information content (AvgIpc) is 2.28. The van der Waals surface area contributed by atoms with Crippen LogP contribution in [0.1, 0.15) is 12.0 Å². The zero-order valence-corrected chi connectivity index (χ0v) is 10.5. The van der Waals surface area contributed by atoms with Gasteiger partial charge < -0.3 is 5.11 Å². The monoisotopic (exact) mass is 275 g/mol. The fraction of sp³-hybridized carbons (Fsp3) is 0.182. The lowest BCUT2D eigenvalue weighted by Gasteiger charge is -2.09. The zero-order valence-electron chi connectivity index (χ0n) is 9.04. The number of nitrogens with one attached hydrogen (secondary N) is 1. The van der Waals surface area contributed by atoms with E-state index in [4.69, 9.17) is 33.1 Å². The van der Waals surface area contributed by atoms with Crippen molar-refractivity contribution in [3.63, 3.8) is 0 Å². The van der Waals surface area contributed by atoms with Crippen molar-refractivity contribution in [3.8, 4) is 0 Å². The van der Waals surface area contributed by atoms with Gasteiger partial charge in [0, 0.05) is 5.56 Å². The van der Waals surface area contributed by atoms with E-state index in [0.29, 0.717) is 21.3 Å². The largest absolute Gasteiger partial charge is 0.481 e. The van der Waals surface area contributed by atoms with Crippen LogP contribution in [0.2, 0.25) is 10.0 Å². The summed E-state index contributed by atoms with van der Waals surface area (Å²) in [7, 11) is 1.44. The van der Waals surface area contributed by atoms with Gasteiger partial charge in [0.05, 0.1) is 29.3 Å². The third-order valence-corrected chi connectivity index (χ3v) is 2.66. The van der Waals surface area contributed by atoms with Gasteiger partial charge in [-0.2, -0.15) is 0 Å². The Morgan fingerprint density at radius 2 is 2.18 bits per heavy atom. The quantitative estimate of drug-likeness (QED) is 0.812. The summed E-state index contributed by atoms with van der Waals surface area (Å²) in [6.45, 7) is 0. The molecule has 0 unspecified atom stereocenters. The molecule has 0 spiro atoms. The highest BCUT2D eigenvalue weighted by molar-refractivity contribution is 6.42. The molecule has 0 aliphatic carbocycles. The number of benzene rings is 1. The molecule has 0 saturated carbocycles. The van der Waals surface area contributed by atoms with Gasteiger partial charge in [0.1, 0.15) is 0 Å². The van der Waals surface area contributed by atoms with Crippen molar-refractivity contribution in [1.82, 2.24) is 5.48 Å². The molecule has 92 valence electrons. The summed E-state index contributed by atoms with van der Waals surface area (Å²) in [5.74, 6) is -0.930. The molecule has 0 aliphatic rings. The maximum absolute atomic E-state index is 10.5. The molecule has 0 amide bonds. The number of halogens is 2. The lowest BCUT2D eigenvalue weighted by Crippen LogP contribution is -2.10. The number of carbonyl (C=O) groups is 1. The first kappa shape index (κ1) is 13.8. The summed E-state index contributed by atoms with van der Waals surface area (Å²) in [5.41, 5.74) is 3.82. The predicted molar refractivity (Wildman–Crippen MR) is 66.8 cm³/mol. The van der Waals surface area contributed by atoms with Crippen LogP contribution in [0.15, 0.2) is 24.3 Å². The molecular formula is C11H11Cl2NO3. The number of rotatable bonds is 5. The van der Waals surface area contributed by atoms with E-state index in [1.807, 2.05) is 0 Å². The van der Waals surface area contributed by atoms with E-state index in [2.05, 4.69) is 5.48 Å². The fourth-order valence-electron chi connectivity index (χ4n) is 1.18. The van der Waals surface area contributed by atoms with Crippen LogP contribution in [0.25, 0.3) is 5.70 Å². The zero-order chi connectivity index (χ0) is 12.8. The average molecular weight is 276 g/mol. The normalized spacial score (nSPS) is 11.4. The number of carboxylic acid groups (broad SMARTS) is 1. The van der Waals surface area contributed by atoms with Gasteiger partial charge >= 0.3 is 5.97 Å². The van der Waals surface area contributed by atoms with Gasteiger partial charge in [0.15, 0.2) is 0 Å². The third-order valence-electron chi connectivity index (χ3n) is 1.92. The standard InChI is InChI=1S/C11H11Cl2NO3/c1-17-14-10(4-5-11(15)16)7-2-3-8(12)9(13)6-7/h2-4,6,14H,5H2,1H3,(H,15,16)/b10-4-. The fourth-order valence-corrected chi connectivity index (χ4v) is 1.48. The summed E-state index contributed by atoms with van der Waals surface area (Å²) in [6.07, 6.45) is 1.37. The van der Waals surface area contributed by atoms with Crippen LogP contribution in [-0.4, -0.2) is 18.2 Å². The number of hydrogen-bond donors (Lipinski definition) is 2. The lowest BCUT2D eigenvalue weighted by atomic mass is 10.1. The highest BCUT2D eigenvalue weighted by Crippen LogP contribution is 2.25. The minimum Gasteiger partial charge on any atom is -0.481 e. The van der Waals surface area contributed by atoms with Gasteiger partial charge in [-0.15, -0.1) is 0 Å². The predicted octanol–water partition coefficient (Wildman–Crippen LogP) is 2.96. The number of hydroxylamine groups is 1. The maximum atomic E-state index is 10.5. The van der Waals surface area contributed by atoms with Crippen LogP contribution in [-0.2, 0) is 9.63 Å². The van der Waals surface area contributed by atoms with E-state index in [1.54, 1.807) is 18.2 Å². The molecule has 17 heavy (non-hydrogen) atoms. The molecule has 1 aromatic carbocycles. The molecule has 1 aromatic rings. The smallest absolute Gasteiger partial charge is 0.307 e. The van der Waals surface area contributed by atoms with Crippen molar-refractivity contribution in [1.29, 1.82) is 0 Å². The van der Waals surface area contributed by atoms with E-state index in [1.165, 1.54) is 13.2 Å². The summed E-state index contributed by atoms with van der Waals surface area (Å²) in [5, 5.41) is 9.44. The molecule has 0 aromatic heterocycles. The Balaban J connectivity index is 3.00. The van der Waals surface area contributed by atoms with Crippen LogP contribution in [0, 0.1) is 0 Å². The lowest BCUT2D eigenvalue weighted by molar-refractivity contribution is -0.136. The van der Waals surface area contributed by atoms with E-state index in [-0.39, 0.29) is 6.42 Å². The van der Waals surface area contributed by atoms with E-state index in [9.17, 15) is 4.79 Å². The number of aliphatic carboxylic acids is 1. The van der Waals surface area contributed by atoms with Crippen LogP contribution < -0.4 is 5.48 Å². The van der Waals surface area contributed by atoms with Gasteiger partial charge in [0.25, 0.3) is 0 Å². The molecule has 0 bridgehead atoms. The van der Waals surface area contributed by atoms with Crippen molar-refractivity contribution >= 4 is 34.9 Å². The Morgan fingerprint density at radius 3 is 2.71 bits per heavy atom. The van der Waals surface area contributed by atoms with Crippen molar-refractivity contribution < 1.29 is 14.7 Å². The Morgan fingerprint density at radius 1 is 1.47 bits per heavy atom. The Labute approximate surface area is 109 Å². The molecule has 6 heteroatoms. The second-order valence-electron chi connectivity index (χ2n) is 3.15. The van der Waals surface area contributed by atoms with Crippen molar-refractivity contribution in [2.75, 3.05) is 7.11 Å². The summed E-state index contributed by atoms with van der Waals surface area (Å²) in [6, 6.07) is 4.97. The first-order valence-corrected chi connectivity index (χ1v) is 5.46. The first-order valence-electron chi connectivity index (χ1n) is 4.71. The maximum Gasteiger partial charge on any atom is 0.307 e. The Bertz CT molecular complexity index is 446. The summed E-state index contributed by atoms with van der Waals surface area (Å²) >= 11 is 11.7. The van der Waals surface area contributed by atoms with Gasteiger partial charge in [0.2, 0.25) is 0 Å². The van der Waals surface area contributed by atoms with E-state index < -0.39 is 5.97 Å². The Hall–Kier alpha value is -1.23. The van der Waals surface area contributed by atoms with Crippen molar-refractivity contribution in [2.24, 2.45) is 0 Å². The minimum atomic E-state index is -0.930. The molecule has 0 radical (unpaired) electrons. The second-order valence-corrected chi connectivity index (χ2v) is 3.97. The van der Waals surface area contributed by atoms with Crippen LogP contribution in [0.5, 0.6) is 0 Å². The van der Waals surface area contributed by atoms with E-state index >= 15 is 0 Å². The summed E-state index contributed by atoms with van der Waals surface area (Å²) < 4.78 is 0. The molecule has 0 saturated heterocycles. The number of carboxylic acids is 1. The molecule has 0 atom stereocenters. The van der Waals surface area contributed by atoms with Crippen molar-refractivity contribution in [3.05, 3.63) is 39.9 Å². The highest BCUT2D eigenvalue weighted by atomic mass is 35.5. The van der Waals surface area contributed by atoms with Crippen molar-refractivity contribution in [2.45, 2.75) is 6.42 Å². The molecule has 0 fully saturated rings. The van der Waals surface area contributed by atoms with Gasteiger partial charge in [-0.1, -0.05) is 29.3 Å². The Kier molecular flexibility index (Phi) is 5.28. The molecule has 0 heterocycles. The third kappa shape index (κ3) is 4.26. The number of hydrogen-bond acceptors (Lipinski definition) is 3. The van der Waals surface area contributed by atoms with Gasteiger partial charge in [-0.3, -0.25) is 15.1 Å². The first-order chi connectivity index (χ1) is 8.04. The van der Waals surface area contributed by atoms with Crippen LogP contribution in [0.3, 0.4) is 0 Å². The second kappa shape index (κ2) is 6.49.